The van der Waals surface area contributed by atoms with Gasteiger partial charge in [-0.3, -0.25) is 0 Å². The minimum Gasteiger partial charge on any atom is -0.354 e. The summed E-state index contributed by atoms with van der Waals surface area (Å²) in [6, 6.07) is 0.791. The Morgan fingerprint density at radius 3 is 1.94 bits per heavy atom. The van der Waals surface area contributed by atoms with Crippen molar-refractivity contribution in [2.24, 2.45) is 5.92 Å². The Balaban J connectivity index is 2.37. The molecule has 17 heavy (non-hydrogen) atoms. The van der Waals surface area contributed by atoms with E-state index in [1.54, 1.807) is 14.2 Å². The summed E-state index contributed by atoms with van der Waals surface area (Å²) in [7, 11) is 3.39. The molecule has 1 rings (SSSR count). The highest BCUT2D eigenvalue weighted by Crippen LogP contribution is 2.25. The van der Waals surface area contributed by atoms with Crippen LogP contribution >= 0.6 is 0 Å². The third-order valence-electron chi connectivity index (χ3n) is 4.01. The van der Waals surface area contributed by atoms with E-state index in [4.69, 9.17) is 9.47 Å². The van der Waals surface area contributed by atoms with Gasteiger partial charge in [-0.25, -0.2) is 0 Å². The molecule has 1 unspecified atom stereocenters. The molecule has 0 aromatic carbocycles. The van der Waals surface area contributed by atoms with Gasteiger partial charge in [-0.1, -0.05) is 25.7 Å². The number of methoxy groups -OCH3 is 2. The zero-order chi connectivity index (χ0) is 12.7. The van der Waals surface area contributed by atoms with Crippen LogP contribution in [0.4, 0.5) is 0 Å². The third kappa shape index (κ3) is 4.94. The van der Waals surface area contributed by atoms with E-state index in [9.17, 15) is 0 Å². The van der Waals surface area contributed by atoms with Crippen molar-refractivity contribution in [3.8, 4) is 0 Å². The summed E-state index contributed by atoms with van der Waals surface area (Å²) in [5.41, 5.74) is 0. The standard InChI is InChI=1S/C14H29NO2/c1-11(13-9-7-5-6-8-10-13)15-12(2)14(16-3)17-4/h11-15H,5-10H2,1-4H3/t11-,12?/m1/s1. The molecule has 2 atom stereocenters. The molecule has 1 aliphatic rings. The molecule has 1 fully saturated rings. The molecule has 3 heteroatoms. The topological polar surface area (TPSA) is 30.5 Å². The predicted molar refractivity (Wildman–Crippen MR) is 71.1 cm³/mol. The first-order valence-corrected chi connectivity index (χ1v) is 7.00. The molecule has 102 valence electrons. The average molecular weight is 243 g/mol. The molecular weight excluding hydrogens is 214 g/mol. The van der Waals surface area contributed by atoms with E-state index in [0.29, 0.717) is 6.04 Å². The Morgan fingerprint density at radius 2 is 1.47 bits per heavy atom. The highest BCUT2D eigenvalue weighted by Gasteiger charge is 2.23. The second kappa shape index (κ2) is 8.06. The first kappa shape index (κ1) is 14.9. The largest absolute Gasteiger partial charge is 0.354 e. The number of nitrogens with one attached hydrogen (secondary N) is 1. The molecule has 0 aromatic heterocycles. The Morgan fingerprint density at radius 1 is 0.941 bits per heavy atom. The van der Waals surface area contributed by atoms with E-state index in [1.165, 1.54) is 38.5 Å². The number of ether oxygens (including phenoxy) is 2. The van der Waals surface area contributed by atoms with Gasteiger partial charge in [0.1, 0.15) is 0 Å². The van der Waals surface area contributed by atoms with Gasteiger partial charge in [0, 0.05) is 20.3 Å². The van der Waals surface area contributed by atoms with Crippen LogP contribution < -0.4 is 5.32 Å². The Kier molecular flexibility index (Phi) is 7.09. The van der Waals surface area contributed by atoms with E-state index >= 15 is 0 Å². The minimum atomic E-state index is -0.150. The van der Waals surface area contributed by atoms with Gasteiger partial charge in [0.2, 0.25) is 0 Å². The number of hydrogen-bond acceptors (Lipinski definition) is 3. The normalized spacial score (nSPS) is 22.4. The summed E-state index contributed by atoms with van der Waals surface area (Å²) >= 11 is 0. The molecule has 0 aliphatic heterocycles. The molecule has 1 saturated carbocycles. The summed E-state index contributed by atoms with van der Waals surface area (Å²) in [4.78, 5) is 0. The quantitative estimate of drug-likeness (QED) is 0.575. The van der Waals surface area contributed by atoms with Crippen LogP contribution in [0.5, 0.6) is 0 Å². The van der Waals surface area contributed by atoms with Crippen molar-refractivity contribution < 1.29 is 9.47 Å². The molecule has 0 spiro atoms. The molecule has 1 N–H and O–H groups in total. The van der Waals surface area contributed by atoms with Gasteiger partial charge in [-0.2, -0.15) is 0 Å². The maximum absolute atomic E-state index is 5.29. The second-order valence-electron chi connectivity index (χ2n) is 5.34. The maximum atomic E-state index is 5.29. The van der Waals surface area contributed by atoms with Crippen molar-refractivity contribution in [1.82, 2.24) is 5.32 Å². The summed E-state index contributed by atoms with van der Waals surface area (Å²) in [6.07, 6.45) is 8.20. The fourth-order valence-electron chi connectivity index (χ4n) is 2.94. The molecule has 0 aromatic rings. The summed E-state index contributed by atoms with van der Waals surface area (Å²) in [5, 5.41) is 3.63. The molecule has 0 saturated heterocycles. The van der Waals surface area contributed by atoms with E-state index in [0.717, 1.165) is 5.92 Å². The monoisotopic (exact) mass is 243 g/mol. The van der Waals surface area contributed by atoms with Crippen LogP contribution in [0.1, 0.15) is 52.4 Å². The van der Waals surface area contributed by atoms with Gasteiger partial charge >= 0.3 is 0 Å². The molecule has 0 heterocycles. The van der Waals surface area contributed by atoms with Gasteiger partial charge in [0.25, 0.3) is 0 Å². The van der Waals surface area contributed by atoms with Gasteiger partial charge in [-0.15, -0.1) is 0 Å². The highest BCUT2D eigenvalue weighted by atomic mass is 16.7. The lowest BCUT2D eigenvalue weighted by atomic mass is 9.92. The number of rotatable bonds is 6. The van der Waals surface area contributed by atoms with Crippen molar-refractivity contribution in [1.29, 1.82) is 0 Å². The maximum Gasteiger partial charge on any atom is 0.171 e. The van der Waals surface area contributed by atoms with Crippen molar-refractivity contribution in [2.45, 2.75) is 70.7 Å². The highest BCUT2D eigenvalue weighted by molar-refractivity contribution is 4.78. The summed E-state index contributed by atoms with van der Waals surface area (Å²) in [5.74, 6) is 0.814. The fourth-order valence-corrected chi connectivity index (χ4v) is 2.94. The number of hydrogen-bond donors (Lipinski definition) is 1. The first-order valence-electron chi connectivity index (χ1n) is 7.00. The van der Waals surface area contributed by atoms with Crippen LogP contribution in [0, 0.1) is 5.92 Å². The zero-order valence-corrected chi connectivity index (χ0v) is 11.9. The lowest BCUT2D eigenvalue weighted by molar-refractivity contribution is -0.121. The molecule has 0 bridgehead atoms. The molecule has 0 radical (unpaired) electrons. The molecule has 0 amide bonds. The van der Waals surface area contributed by atoms with Crippen molar-refractivity contribution in [2.75, 3.05) is 14.2 Å². The lowest BCUT2D eigenvalue weighted by Gasteiger charge is -2.30. The van der Waals surface area contributed by atoms with Crippen LogP contribution in [0.3, 0.4) is 0 Å². The van der Waals surface area contributed by atoms with E-state index in [2.05, 4.69) is 19.2 Å². The summed E-state index contributed by atoms with van der Waals surface area (Å²) in [6.45, 7) is 4.43. The van der Waals surface area contributed by atoms with Crippen LogP contribution in [-0.2, 0) is 9.47 Å². The molecule has 3 nitrogen and oxygen atoms in total. The summed E-state index contributed by atoms with van der Waals surface area (Å²) < 4.78 is 10.6. The first-order chi connectivity index (χ1) is 8.19. The van der Waals surface area contributed by atoms with E-state index < -0.39 is 0 Å². The van der Waals surface area contributed by atoms with Gasteiger partial charge in [-0.05, 0) is 32.6 Å². The van der Waals surface area contributed by atoms with Crippen LogP contribution in [0.15, 0.2) is 0 Å². The van der Waals surface area contributed by atoms with E-state index in [-0.39, 0.29) is 12.3 Å². The smallest absolute Gasteiger partial charge is 0.171 e. The Labute approximate surface area is 106 Å². The van der Waals surface area contributed by atoms with Crippen molar-refractivity contribution in [3.63, 3.8) is 0 Å². The van der Waals surface area contributed by atoms with E-state index in [1.807, 2.05) is 0 Å². The second-order valence-corrected chi connectivity index (χ2v) is 5.34. The minimum absolute atomic E-state index is 0.150. The Hall–Kier alpha value is -0.120. The lowest BCUT2D eigenvalue weighted by Crippen LogP contribution is -2.46. The zero-order valence-electron chi connectivity index (χ0n) is 11.9. The fraction of sp³-hybridized carbons (Fsp3) is 1.00. The van der Waals surface area contributed by atoms with Crippen LogP contribution in [-0.4, -0.2) is 32.6 Å². The van der Waals surface area contributed by atoms with Crippen LogP contribution in [0.25, 0.3) is 0 Å². The molecular formula is C14H29NO2. The Bertz CT molecular complexity index is 187. The third-order valence-corrected chi connectivity index (χ3v) is 4.01. The van der Waals surface area contributed by atoms with Gasteiger partial charge < -0.3 is 14.8 Å². The predicted octanol–water partition coefficient (Wildman–Crippen LogP) is 2.94. The van der Waals surface area contributed by atoms with Crippen molar-refractivity contribution in [3.05, 3.63) is 0 Å². The SMILES string of the molecule is COC(OC)C(C)N[C@H](C)C1CCCCCC1. The van der Waals surface area contributed by atoms with Crippen molar-refractivity contribution >= 4 is 0 Å². The average Bonchev–Trinajstić information content (AvgIpc) is 2.59. The van der Waals surface area contributed by atoms with Gasteiger partial charge in [0.05, 0.1) is 6.04 Å². The molecule has 1 aliphatic carbocycles. The van der Waals surface area contributed by atoms with Gasteiger partial charge in [0.15, 0.2) is 6.29 Å². The van der Waals surface area contributed by atoms with Crippen LogP contribution in [0.2, 0.25) is 0 Å².